The molecule has 0 amide bonds. The van der Waals surface area contributed by atoms with Crippen LogP contribution in [-0.4, -0.2) is 31.7 Å². The summed E-state index contributed by atoms with van der Waals surface area (Å²) >= 11 is 0. The van der Waals surface area contributed by atoms with Crippen molar-refractivity contribution in [2.24, 2.45) is 5.10 Å². The Balaban J connectivity index is 2.40. The molecule has 0 fully saturated rings. The van der Waals surface area contributed by atoms with E-state index in [2.05, 4.69) is 9.84 Å². The van der Waals surface area contributed by atoms with Crippen LogP contribution in [0.2, 0.25) is 0 Å². The molecule has 3 nitrogen and oxygen atoms in total. The van der Waals surface area contributed by atoms with Crippen molar-refractivity contribution >= 4 is 11.4 Å². The molecular formula is C13H11F6N2O+. The summed E-state index contributed by atoms with van der Waals surface area (Å²) in [7, 11) is 1.33. The number of alkyl halides is 6. The van der Waals surface area contributed by atoms with Crippen LogP contribution in [0.25, 0.3) is 0 Å². The van der Waals surface area contributed by atoms with E-state index in [4.69, 9.17) is 0 Å². The molecule has 0 bridgehead atoms. The third-order valence-corrected chi connectivity index (χ3v) is 2.94. The SMILES string of the molecule is C[N+]1(c2ccccc2OC(F)(F)C(F)F)C=CC(C(F)F)=N1. The predicted octanol–water partition coefficient (Wildman–Crippen LogP) is 4.01. The van der Waals surface area contributed by atoms with Gasteiger partial charge >= 0.3 is 12.5 Å². The van der Waals surface area contributed by atoms with Crippen molar-refractivity contribution in [1.82, 2.24) is 4.59 Å². The zero-order valence-corrected chi connectivity index (χ0v) is 11.2. The summed E-state index contributed by atoms with van der Waals surface area (Å²) in [6, 6.07) is 5.04. The number of quaternary nitrogens is 1. The number of halogens is 6. The van der Waals surface area contributed by atoms with Gasteiger partial charge in [-0.1, -0.05) is 17.2 Å². The molecule has 1 aromatic rings. The molecule has 120 valence electrons. The maximum absolute atomic E-state index is 13.1. The van der Waals surface area contributed by atoms with Crippen molar-refractivity contribution in [3.05, 3.63) is 36.5 Å². The monoisotopic (exact) mass is 325 g/mol. The number of hydrogen-bond donors (Lipinski definition) is 0. The van der Waals surface area contributed by atoms with Crippen LogP contribution >= 0.6 is 0 Å². The van der Waals surface area contributed by atoms with E-state index in [9.17, 15) is 26.3 Å². The van der Waals surface area contributed by atoms with Crippen molar-refractivity contribution in [2.45, 2.75) is 19.0 Å². The molecule has 0 N–H and O–H groups in total. The van der Waals surface area contributed by atoms with E-state index < -0.39 is 35.0 Å². The summed E-state index contributed by atoms with van der Waals surface area (Å²) < 4.78 is 79.4. The van der Waals surface area contributed by atoms with E-state index in [1.54, 1.807) is 0 Å². The predicted molar refractivity (Wildman–Crippen MR) is 68.3 cm³/mol. The lowest BCUT2D eigenvalue weighted by atomic mass is 10.2. The molecule has 1 atom stereocenters. The topological polar surface area (TPSA) is 21.6 Å². The van der Waals surface area contributed by atoms with Crippen molar-refractivity contribution < 1.29 is 31.1 Å². The number of hydrogen-bond acceptors (Lipinski definition) is 2. The van der Waals surface area contributed by atoms with E-state index in [-0.39, 0.29) is 5.69 Å². The summed E-state index contributed by atoms with van der Waals surface area (Å²) in [6.45, 7) is 0. The minimum absolute atomic E-state index is 0.0743. The molecule has 0 radical (unpaired) electrons. The van der Waals surface area contributed by atoms with Gasteiger partial charge in [0.1, 0.15) is 13.2 Å². The Morgan fingerprint density at radius 1 is 1.14 bits per heavy atom. The van der Waals surface area contributed by atoms with Crippen molar-refractivity contribution in [1.29, 1.82) is 0 Å². The zero-order chi connectivity index (χ0) is 16.5. The van der Waals surface area contributed by atoms with Crippen molar-refractivity contribution in [3.63, 3.8) is 0 Å². The third kappa shape index (κ3) is 3.08. The summed E-state index contributed by atoms with van der Waals surface area (Å²) in [5.41, 5.74) is -0.618. The van der Waals surface area contributed by atoms with E-state index in [1.807, 2.05) is 0 Å². The summed E-state index contributed by atoms with van der Waals surface area (Å²) in [6.07, 6.45) is -9.32. The first-order valence-corrected chi connectivity index (χ1v) is 6.04. The minimum Gasteiger partial charge on any atom is -0.422 e. The fourth-order valence-corrected chi connectivity index (χ4v) is 1.89. The van der Waals surface area contributed by atoms with Gasteiger partial charge in [0.05, 0.1) is 0 Å². The first-order valence-electron chi connectivity index (χ1n) is 6.04. The lowest BCUT2D eigenvalue weighted by molar-refractivity contribution is -0.253. The Morgan fingerprint density at radius 3 is 2.32 bits per heavy atom. The normalized spacial score (nSPS) is 21.6. The zero-order valence-electron chi connectivity index (χ0n) is 11.2. The van der Waals surface area contributed by atoms with E-state index in [1.165, 1.54) is 31.4 Å². The molecule has 0 spiro atoms. The Morgan fingerprint density at radius 2 is 1.77 bits per heavy atom. The second kappa shape index (κ2) is 5.64. The van der Waals surface area contributed by atoms with Crippen LogP contribution < -0.4 is 9.33 Å². The molecule has 2 rings (SSSR count). The van der Waals surface area contributed by atoms with Crippen LogP contribution in [0.1, 0.15) is 0 Å². The molecule has 0 aliphatic carbocycles. The van der Waals surface area contributed by atoms with Crippen LogP contribution in [0.3, 0.4) is 0 Å². The maximum atomic E-state index is 13.1. The first-order chi connectivity index (χ1) is 10.2. The number of para-hydroxylation sites is 2. The van der Waals surface area contributed by atoms with Gasteiger partial charge in [-0.25, -0.2) is 8.78 Å². The molecule has 1 aliphatic rings. The molecule has 1 unspecified atom stereocenters. The van der Waals surface area contributed by atoms with Crippen molar-refractivity contribution in [2.75, 3.05) is 7.05 Å². The molecule has 1 heterocycles. The van der Waals surface area contributed by atoms with E-state index in [0.717, 1.165) is 12.1 Å². The summed E-state index contributed by atoms with van der Waals surface area (Å²) in [5.74, 6) is -0.570. The standard InChI is InChI=1S/C13H11F6N2O/c1-21(7-6-8(20-21)11(14)15)9-4-2-3-5-10(9)22-13(18,19)12(16)17/h2-7,11-12H,1H3/q+1. The van der Waals surface area contributed by atoms with Gasteiger partial charge in [0.15, 0.2) is 11.5 Å². The largest absolute Gasteiger partial charge is 0.461 e. The number of allylic oxidation sites excluding steroid dienone is 1. The lowest BCUT2D eigenvalue weighted by Gasteiger charge is -2.24. The van der Waals surface area contributed by atoms with E-state index >= 15 is 0 Å². The van der Waals surface area contributed by atoms with Gasteiger partial charge < -0.3 is 4.74 Å². The molecule has 9 heteroatoms. The second-order valence-corrected chi connectivity index (χ2v) is 4.60. The Kier molecular flexibility index (Phi) is 4.19. The number of benzene rings is 1. The van der Waals surface area contributed by atoms with Crippen LogP contribution in [0.4, 0.5) is 32.0 Å². The third-order valence-electron chi connectivity index (χ3n) is 2.94. The molecule has 1 aliphatic heterocycles. The van der Waals surface area contributed by atoms with Crippen LogP contribution in [0, 0.1) is 0 Å². The summed E-state index contributed by atoms with van der Waals surface area (Å²) in [4.78, 5) is 0. The van der Waals surface area contributed by atoms with Gasteiger partial charge in [-0.2, -0.15) is 17.6 Å². The highest BCUT2D eigenvalue weighted by Crippen LogP contribution is 2.39. The molecule has 0 aromatic heterocycles. The highest BCUT2D eigenvalue weighted by Gasteiger charge is 2.46. The highest BCUT2D eigenvalue weighted by molar-refractivity contribution is 5.99. The fourth-order valence-electron chi connectivity index (χ4n) is 1.89. The summed E-state index contributed by atoms with van der Waals surface area (Å²) in [5, 5.41) is 3.71. The lowest BCUT2D eigenvalue weighted by Crippen LogP contribution is -2.36. The van der Waals surface area contributed by atoms with E-state index in [0.29, 0.717) is 0 Å². The molecule has 0 saturated heterocycles. The average Bonchev–Trinajstić information content (AvgIpc) is 2.82. The van der Waals surface area contributed by atoms with Crippen molar-refractivity contribution in [3.8, 4) is 5.75 Å². The Bertz CT molecular complexity index is 616. The number of ether oxygens (including phenoxy) is 1. The quantitative estimate of drug-likeness (QED) is 0.592. The van der Waals surface area contributed by atoms with Crippen LogP contribution in [0.5, 0.6) is 5.75 Å². The fraction of sp³-hybridized carbons (Fsp3) is 0.308. The Labute approximate surface area is 121 Å². The molecule has 0 saturated carbocycles. The van der Waals surface area contributed by atoms with Gasteiger partial charge in [-0.05, 0) is 6.07 Å². The molecular weight excluding hydrogens is 314 g/mol. The maximum Gasteiger partial charge on any atom is 0.461 e. The molecule has 22 heavy (non-hydrogen) atoms. The number of nitrogens with zero attached hydrogens (tertiary/aromatic N) is 2. The first kappa shape index (κ1) is 16.3. The second-order valence-electron chi connectivity index (χ2n) is 4.60. The van der Waals surface area contributed by atoms with Gasteiger partial charge in [0, 0.05) is 12.1 Å². The van der Waals surface area contributed by atoms with Gasteiger partial charge in [-0.15, -0.1) is 4.59 Å². The highest BCUT2D eigenvalue weighted by atomic mass is 19.3. The minimum atomic E-state index is -4.70. The Hall–Kier alpha value is -2.03. The molecule has 1 aromatic carbocycles. The van der Waals surface area contributed by atoms with Crippen LogP contribution in [-0.2, 0) is 0 Å². The van der Waals surface area contributed by atoms with Gasteiger partial charge in [0.25, 0.3) is 6.43 Å². The number of rotatable bonds is 5. The van der Waals surface area contributed by atoms with Gasteiger partial charge in [0.2, 0.25) is 5.69 Å². The van der Waals surface area contributed by atoms with Crippen LogP contribution in [0.15, 0.2) is 41.6 Å². The van der Waals surface area contributed by atoms with Gasteiger partial charge in [-0.3, -0.25) is 0 Å². The smallest absolute Gasteiger partial charge is 0.422 e. The average molecular weight is 325 g/mol.